The van der Waals surface area contributed by atoms with Crippen LogP contribution in [0.3, 0.4) is 0 Å². The Morgan fingerprint density at radius 3 is 2.68 bits per heavy atom. The van der Waals surface area contributed by atoms with Crippen LogP contribution in [-0.4, -0.2) is 16.1 Å². The number of hydrogen-bond donors (Lipinski definition) is 2. The standard InChI is InChI=1S/C21H24N2OS/c22-17(10-8-14-4-2-1-3-5-14)20(24)21-23-18-13-16(12-15-6-7-15)9-11-19(18)25-21/h1-5,9,11,13,15,17,20,24H,6-8,10,12,22H2/t17-,20?/m1/s1. The Balaban J connectivity index is 1.44. The molecular formula is C21H24N2OS. The lowest BCUT2D eigenvalue weighted by Crippen LogP contribution is -2.28. The molecule has 1 fully saturated rings. The normalized spacial score (nSPS) is 16.9. The Hall–Kier alpha value is -1.75. The van der Waals surface area contributed by atoms with Gasteiger partial charge in [-0.2, -0.15) is 0 Å². The highest BCUT2D eigenvalue weighted by atomic mass is 32.1. The minimum atomic E-state index is -0.701. The number of rotatable bonds is 7. The predicted octanol–water partition coefficient (Wildman–Crippen LogP) is 4.24. The Labute approximate surface area is 152 Å². The zero-order valence-electron chi connectivity index (χ0n) is 14.3. The maximum absolute atomic E-state index is 10.6. The second-order valence-corrected chi connectivity index (χ2v) is 8.20. The van der Waals surface area contributed by atoms with Crippen LogP contribution >= 0.6 is 11.3 Å². The van der Waals surface area contributed by atoms with Crippen molar-refractivity contribution in [1.29, 1.82) is 0 Å². The van der Waals surface area contributed by atoms with Crippen LogP contribution in [0.1, 0.15) is 41.5 Å². The first kappa shape index (κ1) is 16.7. The van der Waals surface area contributed by atoms with E-state index in [9.17, 15) is 5.11 Å². The van der Waals surface area contributed by atoms with Crippen molar-refractivity contribution < 1.29 is 5.11 Å². The molecule has 1 heterocycles. The lowest BCUT2D eigenvalue weighted by molar-refractivity contribution is 0.142. The molecule has 3 N–H and O–H groups in total. The Kier molecular flexibility index (Phi) is 4.84. The second kappa shape index (κ2) is 7.24. The fourth-order valence-corrected chi connectivity index (χ4v) is 4.23. The minimum absolute atomic E-state index is 0.299. The highest BCUT2D eigenvalue weighted by Gasteiger charge is 2.23. The van der Waals surface area contributed by atoms with Gasteiger partial charge in [0.05, 0.1) is 10.2 Å². The molecule has 25 heavy (non-hydrogen) atoms. The summed E-state index contributed by atoms with van der Waals surface area (Å²) < 4.78 is 1.13. The van der Waals surface area contributed by atoms with Crippen molar-refractivity contribution in [1.82, 2.24) is 4.98 Å². The summed E-state index contributed by atoms with van der Waals surface area (Å²) in [7, 11) is 0. The zero-order valence-corrected chi connectivity index (χ0v) is 15.1. The number of aliphatic hydroxyl groups is 1. The molecule has 0 bridgehead atoms. The number of hydrogen-bond acceptors (Lipinski definition) is 4. The molecule has 130 valence electrons. The number of aliphatic hydroxyl groups excluding tert-OH is 1. The van der Waals surface area contributed by atoms with Crippen molar-refractivity contribution in [2.45, 2.75) is 44.2 Å². The first-order valence-corrected chi connectivity index (χ1v) is 9.87. The van der Waals surface area contributed by atoms with Gasteiger partial charge in [0.2, 0.25) is 0 Å². The molecule has 1 saturated carbocycles. The van der Waals surface area contributed by atoms with Crippen LogP contribution in [0.4, 0.5) is 0 Å². The molecule has 1 aliphatic carbocycles. The van der Waals surface area contributed by atoms with E-state index in [0.29, 0.717) is 0 Å². The summed E-state index contributed by atoms with van der Waals surface area (Å²) in [5, 5.41) is 11.4. The molecule has 0 radical (unpaired) electrons. The summed E-state index contributed by atoms with van der Waals surface area (Å²) in [6.07, 6.45) is 4.78. The van der Waals surface area contributed by atoms with Gasteiger partial charge in [-0.3, -0.25) is 0 Å². The minimum Gasteiger partial charge on any atom is -0.384 e. The Bertz CT molecular complexity index is 841. The van der Waals surface area contributed by atoms with Crippen LogP contribution < -0.4 is 5.73 Å². The summed E-state index contributed by atoms with van der Waals surface area (Å²) in [5.74, 6) is 0.868. The van der Waals surface area contributed by atoms with E-state index in [1.54, 1.807) is 11.3 Å². The molecule has 0 spiro atoms. The van der Waals surface area contributed by atoms with Crippen LogP contribution in [0, 0.1) is 5.92 Å². The van der Waals surface area contributed by atoms with E-state index in [2.05, 4.69) is 35.3 Å². The third-order valence-electron chi connectivity index (χ3n) is 4.96. The number of benzene rings is 2. The summed E-state index contributed by atoms with van der Waals surface area (Å²) in [5.41, 5.74) is 9.84. The van der Waals surface area contributed by atoms with Crippen molar-refractivity contribution in [3.8, 4) is 0 Å². The van der Waals surface area contributed by atoms with E-state index in [4.69, 9.17) is 5.73 Å². The zero-order chi connectivity index (χ0) is 17.2. The first-order valence-electron chi connectivity index (χ1n) is 9.06. The Morgan fingerprint density at radius 2 is 1.92 bits per heavy atom. The number of nitrogens with two attached hydrogens (primary N) is 1. The molecule has 1 aliphatic rings. The molecule has 4 rings (SSSR count). The van der Waals surface area contributed by atoms with E-state index >= 15 is 0 Å². The van der Waals surface area contributed by atoms with Gasteiger partial charge in [-0.05, 0) is 61.3 Å². The van der Waals surface area contributed by atoms with E-state index in [-0.39, 0.29) is 6.04 Å². The largest absolute Gasteiger partial charge is 0.384 e. The molecule has 1 aromatic heterocycles. The molecule has 3 aromatic rings. The molecule has 1 unspecified atom stereocenters. The summed E-state index contributed by atoms with van der Waals surface area (Å²) in [6.45, 7) is 0. The number of fused-ring (bicyclic) bond motifs is 1. The topological polar surface area (TPSA) is 59.1 Å². The van der Waals surface area contributed by atoms with Crippen molar-refractivity contribution in [3.63, 3.8) is 0 Å². The number of nitrogens with zero attached hydrogens (tertiary/aromatic N) is 1. The van der Waals surface area contributed by atoms with Gasteiger partial charge in [0.15, 0.2) is 0 Å². The maximum Gasteiger partial charge on any atom is 0.124 e. The molecule has 3 nitrogen and oxygen atoms in total. The lowest BCUT2D eigenvalue weighted by Gasteiger charge is -2.16. The monoisotopic (exact) mass is 352 g/mol. The van der Waals surface area contributed by atoms with Gasteiger partial charge in [0.1, 0.15) is 11.1 Å². The number of aryl methyl sites for hydroxylation is 1. The van der Waals surface area contributed by atoms with E-state index in [0.717, 1.165) is 40.4 Å². The predicted molar refractivity (Wildman–Crippen MR) is 104 cm³/mol. The fourth-order valence-electron chi connectivity index (χ4n) is 3.22. The Morgan fingerprint density at radius 1 is 1.12 bits per heavy atom. The van der Waals surface area contributed by atoms with Gasteiger partial charge >= 0.3 is 0 Å². The quantitative estimate of drug-likeness (QED) is 0.668. The molecule has 4 heteroatoms. The van der Waals surface area contributed by atoms with Crippen LogP contribution in [0.2, 0.25) is 0 Å². The van der Waals surface area contributed by atoms with Gasteiger partial charge in [-0.1, -0.05) is 36.4 Å². The van der Waals surface area contributed by atoms with E-state index < -0.39 is 6.10 Å². The van der Waals surface area contributed by atoms with Gasteiger partial charge < -0.3 is 10.8 Å². The summed E-state index contributed by atoms with van der Waals surface area (Å²) in [6, 6.07) is 16.5. The third-order valence-corrected chi connectivity index (χ3v) is 6.06. The van der Waals surface area contributed by atoms with E-state index in [1.807, 2.05) is 18.2 Å². The van der Waals surface area contributed by atoms with Gasteiger partial charge in [0.25, 0.3) is 0 Å². The molecule has 0 amide bonds. The number of thiazole rings is 1. The highest BCUT2D eigenvalue weighted by Crippen LogP contribution is 2.34. The van der Waals surface area contributed by atoms with Crippen LogP contribution in [0.5, 0.6) is 0 Å². The SMILES string of the molecule is N[C@H](CCc1ccccc1)C(O)c1nc2cc(CC3CC3)ccc2s1. The smallest absolute Gasteiger partial charge is 0.124 e. The van der Waals surface area contributed by atoms with Crippen molar-refractivity contribution in [2.75, 3.05) is 0 Å². The van der Waals surface area contributed by atoms with Gasteiger partial charge in [0, 0.05) is 6.04 Å². The first-order chi connectivity index (χ1) is 12.2. The molecule has 2 atom stereocenters. The fraction of sp³-hybridized carbons (Fsp3) is 0.381. The van der Waals surface area contributed by atoms with E-state index in [1.165, 1.54) is 24.0 Å². The highest BCUT2D eigenvalue weighted by molar-refractivity contribution is 7.18. The third kappa shape index (κ3) is 4.09. The summed E-state index contributed by atoms with van der Waals surface area (Å²) in [4.78, 5) is 4.67. The van der Waals surface area contributed by atoms with Crippen molar-refractivity contribution in [2.24, 2.45) is 11.7 Å². The lowest BCUT2D eigenvalue weighted by atomic mass is 10.0. The second-order valence-electron chi connectivity index (χ2n) is 7.13. The van der Waals surface area contributed by atoms with Crippen LogP contribution in [-0.2, 0) is 12.8 Å². The van der Waals surface area contributed by atoms with Gasteiger partial charge in [-0.15, -0.1) is 11.3 Å². The number of aromatic nitrogens is 1. The van der Waals surface area contributed by atoms with Gasteiger partial charge in [-0.25, -0.2) is 4.98 Å². The molecule has 2 aromatic carbocycles. The maximum atomic E-state index is 10.6. The van der Waals surface area contributed by atoms with Crippen LogP contribution in [0.25, 0.3) is 10.2 Å². The summed E-state index contributed by atoms with van der Waals surface area (Å²) >= 11 is 1.56. The average molecular weight is 353 g/mol. The molecule has 0 saturated heterocycles. The van der Waals surface area contributed by atoms with Crippen molar-refractivity contribution >= 4 is 21.6 Å². The van der Waals surface area contributed by atoms with Crippen molar-refractivity contribution in [3.05, 3.63) is 64.7 Å². The average Bonchev–Trinajstić information content (AvgIpc) is 3.35. The molecule has 0 aliphatic heterocycles. The molecular weight excluding hydrogens is 328 g/mol. The van der Waals surface area contributed by atoms with Crippen LogP contribution in [0.15, 0.2) is 48.5 Å².